The van der Waals surface area contributed by atoms with E-state index in [1.165, 1.54) is 26.2 Å². The van der Waals surface area contributed by atoms with Crippen molar-refractivity contribution >= 4 is 11.9 Å². The van der Waals surface area contributed by atoms with Gasteiger partial charge in [0.05, 0.1) is 13.0 Å². The highest BCUT2D eigenvalue weighted by Gasteiger charge is 2.29. The second-order valence-electron chi connectivity index (χ2n) is 5.43. The lowest BCUT2D eigenvalue weighted by Crippen LogP contribution is -2.31. The van der Waals surface area contributed by atoms with Crippen molar-refractivity contribution in [3.05, 3.63) is 23.8 Å². The Morgan fingerprint density at radius 3 is 2.52 bits per heavy atom. The van der Waals surface area contributed by atoms with Crippen LogP contribution in [0.15, 0.2) is 18.2 Å². The number of hydrogen-bond acceptors (Lipinski definition) is 4. The fourth-order valence-electron chi connectivity index (χ4n) is 1.85. The number of amides is 1. The molecule has 1 amide bonds. The fraction of sp³-hybridized carbons (Fsp3) is 0.500. The molecule has 0 bridgehead atoms. The highest BCUT2D eigenvalue weighted by molar-refractivity contribution is 5.77. The van der Waals surface area contributed by atoms with E-state index in [0.29, 0.717) is 12.0 Å². The Kier molecular flexibility index (Phi) is 7.53. The predicted octanol–water partition coefficient (Wildman–Crippen LogP) is 2.41. The van der Waals surface area contributed by atoms with Crippen LogP contribution in [0, 0.1) is 5.92 Å². The number of methoxy groups -OCH3 is 1. The van der Waals surface area contributed by atoms with Crippen LogP contribution in [0.3, 0.4) is 0 Å². The first-order valence-electron chi connectivity index (χ1n) is 7.48. The zero-order valence-electron chi connectivity index (χ0n) is 13.9. The Hall–Kier alpha value is -2.45. The Morgan fingerprint density at radius 1 is 1.28 bits per heavy atom. The third-order valence-electron chi connectivity index (χ3n) is 3.29. The van der Waals surface area contributed by atoms with Gasteiger partial charge in [-0.05, 0) is 24.1 Å². The maximum absolute atomic E-state index is 12.2. The van der Waals surface area contributed by atoms with Crippen molar-refractivity contribution in [1.29, 1.82) is 0 Å². The van der Waals surface area contributed by atoms with Gasteiger partial charge in [0.25, 0.3) is 0 Å². The summed E-state index contributed by atoms with van der Waals surface area (Å²) in [7, 11) is 1.31. The van der Waals surface area contributed by atoms with E-state index in [9.17, 15) is 22.8 Å². The van der Waals surface area contributed by atoms with Gasteiger partial charge >= 0.3 is 12.1 Å². The first kappa shape index (κ1) is 20.6. The number of nitrogens with one attached hydrogen (secondary N) is 1. The van der Waals surface area contributed by atoms with Crippen LogP contribution >= 0.6 is 0 Å². The molecule has 0 spiro atoms. The summed E-state index contributed by atoms with van der Waals surface area (Å²) in [5.74, 6) is -1.90. The molecular weight excluding hydrogens is 343 g/mol. The Bertz CT molecular complexity index is 604. The summed E-state index contributed by atoms with van der Waals surface area (Å²) in [5.41, 5.74) is 0.678. The summed E-state index contributed by atoms with van der Waals surface area (Å²) in [5, 5.41) is 11.2. The largest absolute Gasteiger partial charge is 0.493 e. The Morgan fingerprint density at radius 2 is 1.96 bits per heavy atom. The van der Waals surface area contributed by atoms with E-state index in [-0.39, 0.29) is 30.4 Å². The molecule has 0 aliphatic rings. The van der Waals surface area contributed by atoms with Crippen LogP contribution in [-0.4, -0.2) is 43.4 Å². The molecule has 0 aliphatic carbocycles. The minimum Gasteiger partial charge on any atom is -0.493 e. The molecule has 0 fully saturated rings. The predicted molar refractivity (Wildman–Crippen MR) is 82.7 cm³/mol. The van der Waals surface area contributed by atoms with E-state index < -0.39 is 24.7 Å². The summed E-state index contributed by atoms with van der Waals surface area (Å²) in [6.45, 7) is 0.0851. The number of benzene rings is 1. The summed E-state index contributed by atoms with van der Waals surface area (Å²) in [4.78, 5) is 22.4. The number of hydrogen-bond donors (Lipinski definition) is 2. The van der Waals surface area contributed by atoms with Gasteiger partial charge in [0.15, 0.2) is 18.1 Å². The molecule has 0 heterocycles. The van der Waals surface area contributed by atoms with Crippen molar-refractivity contribution in [2.75, 3.05) is 20.3 Å². The summed E-state index contributed by atoms with van der Waals surface area (Å²) < 4.78 is 46.3. The number of alkyl halides is 3. The molecule has 1 unspecified atom stereocenters. The van der Waals surface area contributed by atoms with Crippen molar-refractivity contribution in [1.82, 2.24) is 5.32 Å². The number of aryl methyl sites for hydroxylation is 1. The molecule has 2 N–H and O–H groups in total. The van der Waals surface area contributed by atoms with E-state index in [1.807, 2.05) is 0 Å². The number of carboxylic acids is 1. The highest BCUT2D eigenvalue weighted by Crippen LogP contribution is 2.30. The zero-order valence-corrected chi connectivity index (χ0v) is 13.9. The number of ether oxygens (including phenoxy) is 2. The minimum absolute atomic E-state index is 0.0295. The first-order valence-corrected chi connectivity index (χ1v) is 7.48. The van der Waals surface area contributed by atoms with Crippen LogP contribution in [0.2, 0.25) is 0 Å². The van der Waals surface area contributed by atoms with Gasteiger partial charge in [-0.15, -0.1) is 0 Å². The molecule has 1 aromatic carbocycles. The van der Waals surface area contributed by atoms with Crippen molar-refractivity contribution in [3.63, 3.8) is 0 Å². The molecule has 0 saturated heterocycles. The number of carboxylic acid groups (broad SMARTS) is 1. The van der Waals surface area contributed by atoms with Crippen molar-refractivity contribution < 1.29 is 37.3 Å². The second kappa shape index (κ2) is 9.14. The second-order valence-corrected chi connectivity index (χ2v) is 5.43. The van der Waals surface area contributed by atoms with Crippen molar-refractivity contribution in [2.24, 2.45) is 5.92 Å². The summed E-state index contributed by atoms with van der Waals surface area (Å²) in [6.07, 6.45) is -4.02. The van der Waals surface area contributed by atoms with Gasteiger partial charge in [0.2, 0.25) is 5.91 Å². The van der Waals surface area contributed by atoms with E-state index in [0.717, 1.165) is 0 Å². The highest BCUT2D eigenvalue weighted by atomic mass is 19.4. The van der Waals surface area contributed by atoms with Crippen molar-refractivity contribution in [2.45, 2.75) is 25.9 Å². The van der Waals surface area contributed by atoms with Crippen LogP contribution in [0.4, 0.5) is 13.2 Å². The quantitative estimate of drug-likeness (QED) is 0.704. The molecule has 0 aliphatic heterocycles. The van der Waals surface area contributed by atoms with E-state index in [2.05, 4.69) is 10.1 Å². The maximum Gasteiger partial charge on any atom is 0.422 e. The van der Waals surface area contributed by atoms with E-state index in [1.54, 1.807) is 6.07 Å². The topological polar surface area (TPSA) is 84.9 Å². The lowest BCUT2D eigenvalue weighted by molar-refractivity contribution is -0.153. The molecular formula is C16H20F3NO5. The lowest BCUT2D eigenvalue weighted by atomic mass is 10.1. The number of halogens is 3. The van der Waals surface area contributed by atoms with Crippen LogP contribution in [-0.2, 0) is 16.0 Å². The number of carbonyl (C=O) groups is 2. The smallest absolute Gasteiger partial charge is 0.422 e. The normalized spacial score (nSPS) is 12.4. The summed E-state index contributed by atoms with van der Waals surface area (Å²) in [6, 6.07) is 4.39. The van der Waals surface area contributed by atoms with Crippen LogP contribution < -0.4 is 14.8 Å². The average molecular weight is 363 g/mol. The average Bonchev–Trinajstić information content (AvgIpc) is 2.55. The molecule has 25 heavy (non-hydrogen) atoms. The molecule has 140 valence electrons. The molecule has 1 rings (SSSR count). The van der Waals surface area contributed by atoms with Gasteiger partial charge in [-0.3, -0.25) is 9.59 Å². The molecule has 0 aromatic heterocycles. The number of rotatable bonds is 9. The van der Waals surface area contributed by atoms with Gasteiger partial charge < -0.3 is 19.9 Å². The van der Waals surface area contributed by atoms with Gasteiger partial charge in [0.1, 0.15) is 0 Å². The SMILES string of the molecule is COc1cc(CCC(=O)NCC(C)C(=O)O)ccc1OCC(F)(F)F. The third kappa shape index (κ3) is 7.77. The van der Waals surface area contributed by atoms with Crippen LogP contribution in [0.1, 0.15) is 18.9 Å². The van der Waals surface area contributed by atoms with E-state index >= 15 is 0 Å². The summed E-state index contributed by atoms with van der Waals surface area (Å²) >= 11 is 0. The minimum atomic E-state index is -4.45. The lowest BCUT2D eigenvalue weighted by Gasteiger charge is -2.13. The number of aliphatic carboxylic acids is 1. The van der Waals surface area contributed by atoms with Gasteiger partial charge in [-0.2, -0.15) is 13.2 Å². The molecule has 9 heteroatoms. The first-order chi connectivity index (χ1) is 11.6. The van der Waals surface area contributed by atoms with Gasteiger partial charge in [-0.25, -0.2) is 0 Å². The molecule has 6 nitrogen and oxygen atoms in total. The maximum atomic E-state index is 12.2. The van der Waals surface area contributed by atoms with Crippen molar-refractivity contribution in [3.8, 4) is 11.5 Å². The van der Waals surface area contributed by atoms with Crippen LogP contribution in [0.25, 0.3) is 0 Å². The monoisotopic (exact) mass is 363 g/mol. The van der Waals surface area contributed by atoms with Gasteiger partial charge in [-0.1, -0.05) is 13.0 Å². The van der Waals surface area contributed by atoms with Gasteiger partial charge in [0, 0.05) is 13.0 Å². The molecule has 1 atom stereocenters. The number of carbonyl (C=O) groups excluding carboxylic acids is 1. The van der Waals surface area contributed by atoms with E-state index in [4.69, 9.17) is 9.84 Å². The van der Waals surface area contributed by atoms with Crippen LogP contribution in [0.5, 0.6) is 11.5 Å². The molecule has 1 aromatic rings. The third-order valence-corrected chi connectivity index (χ3v) is 3.29. The molecule has 0 saturated carbocycles. The Balaban J connectivity index is 2.56. The standard InChI is InChI=1S/C16H20F3NO5/c1-10(15(22)23)8-20-14(21)6-4-11-3-5-12(13(7-11)24-2)25-9-16(17,18)19/h3,5,7,10H,4,6,8-9H2,1-2H3,(H,20,21)(H,22,23). The fourth-order valence-corrected chi connectivity index (χ4v) is 1.85. The Labute approximate surface area is 142 Å². The zero-order chi connectivity index (χ0) is 19.0. The molecule has 0 radical (unpaired) electrons.